The summed E-state index contributed by atoms with van der Waals surface area (Å²) < 4.78 is 0. The molecule has 4 nitrogen and oxygen atoms in total. The molecule has 0 amide bonds. The second-order valence-electron chi connectivity index (χ2n) is 3.70. The van der Waals surface area contributed by atoms with Crippen LogP contribution in [0.25, 0.3) is 0 Å². The first-order valence-corrected chi connectivity index (χ1v) is 6.51. The first-order chi connectivity index (χ1) is 8.20. The lowest BCUT2D eigenvalue weighted by atomic mass is 10.1. The van der Waals surface area contributed by atoms with Crippen LogP contribution in [0.5, 0.6) is 0 Å². The molecule has 5 heteroatoms. The van der Waals surface area contributed by atoms with E-state index in [0.717, 1.165) is 23.5 Å². The number of carbonyl (C=O) groups is 1. The van der Waals surface area contributed by atoms with Gasteiger partial charge >= 0.3 is 5.97 Å². The molecular formula is C12H14N2O2S. The van der Waals surface area contributed by atoms with E-state index in [9.17, 15) is 4.79 Å². The van der Waals surface area contributed by atoms with Gasteiger partial charge in [0.1, 0.15) is 11.2 Å². The van der Waals surface area contributed by atoms with Crippen LogP contribution in [0.15, 0.2) is 29.3 Å². The van der Waals surface area contributed by atoms with Crippen molar-refractivity contribution in [3.05, 3.63) is 29.8 Å². The smallest absolute Gasteiger partial charge is 0.313 e. The number of fused-ring (bicyclic) bond motifs is 1. The molecule has 2 N–H and O–H groups in total. The molecule has 1 aromatic rings. The minimum Gasteiger partial charge on any atom is -0.481 e. The number of thioether (sulfide) groups is 1. The van der Waals surface area contributed by atoms with Crippen LogP contribution in [-0.2, 0) is 4.79 Å². The number of aliphatic imine (C=N–C) groups is 1. The van der Waals surface area contributed by atoms with Gasteiger partial charge in [0.2, 0.25) is 0 Å². The van der Waals surface area contributed by atoms with Gasteiger partial charge in [-0.1, -0.05) is 25.1 Å². The predicted octanol–water partition coefficient (Wildman–Crippen LogP) is 2.74. The molecule has 0 saturated heterocycles. The molecule has 17 heavy (non-hydrogen) atoms. The lowest BCUT2D eigenvalue weighted by Crippen LogP contribution is -2.19. The van der Waals surface area contributed by atoms with Crippen molar-refractivity contribution in [2.75, 3.05) is 11.1 Å². The highest BCUT2D eigenvalue weighted by Crippen LogP contribution is 2.37. The quantitative estimate of drug-likeness (QED) is 0.862. The highest BCUT2D eigenvalue weighted by molar-refractivity contribution is 8.00. The van der Waals surface area contributed by atoms with Crippen molar-refractivity contribution in [3.8, 4) is 0 Å². The van der Waals surface area contributed by atoms with E-state index in [1.807, 2.05) is 31.2 Å². The van der Waals surface area contributed by atoms with Crippen LogP contribution in [0.4, 0.5) is 5.69 Å². The van der Waals surface area contributed by atoms with Gasteiger partial charge in [0.25, 0.3) is 0 Å². The van der Waals surface area contributed by atoms with E-state index in [0.29, 0.717) is 0 Å². The van der Waals surface area contributed by atoms with E-state index in [2.05, 4.69) is 10.3 Å². The van der Waals surface area contributed by atoms with Gasteiger partial charge in [-0.15, -0.1) is 11.8 Å². The Kier molecular flexibility index (Phi) is 3.68. The molecule has 1 aliphatic heterocycles. The molecule has 1 aliphatic rings. The van der Waals surface area contributed by atoms with Gasteiger partial charge in [0.15, 0.2) is 0 Å². The normalized spacial score (nSPS) is 17.9. The summed E-state index contributed by atoms with van der Waals surface area (Å²) in [6.45, 7) is 2.03. The Balaban J connectivity index is 2.23. The number of carboxylic acid groups (broad SMARTS) is 1. The Bertz CT molecular complexity index is 460. The fraction of sp³-hybridized carbons (Fsp3) is 0.333. The summed E-state index contributed by atoms with van der Waals surface area (Å²) >= 11 is 1.34. The predicted molar refractivity (Wildman–Crippen MR) is 70.6 cm³/mol. The molecule has 0 fully saturated rings. The number of anilines is 1. The Morgan fingerprint density at radius 2 is 2.29 bits per heavy atom. The zero-order valence-corrected chi connectivity index (χ0v) is 10.3. The molecule has 1 aromatic carbocycles. The van der Waals surface area contributed by atoms with Crippen molar-refractivity contribution in [3.63, 3.8) is 0 Å². The number of aliphatic carboxylic acids is 1. The maximum absolute atomic E-state index is 10.6. The third-order valence-electron chi connectivity index (χ3n) is 2.48. The highest BCUT2D eigenvalue weighted by atomic mass is 32.2. The van der Waals surface area contributed by atoms with Crippen LogP contribution in [0.1, 0.15) is 24.3 Å². The minimum atomic E-state index is -0.806. The van der Waals surface area contributed by atoms with Gasteiger partial charge in [0, 0.05) is 17.7 Å². The molecule has 0 radical (unpaired) electrons. The van der Waals surface area contributed by atoms with Crippen LogP contribution < -0.4 is 5.32 Å². The van der Waals surface area contributed by atoms with Gasteiger partial charge < -0.3 is 10.4 Å². The maximum Gasteiger partial charge on any atom is 0.313 e. The van der Waals surface area contributed by atoms with E-state index in [1.165, 1.54) is 11.8 Å². The summed E-state index contributed by atoms with van der Waals surface area (Å²) in [6.07, 6.45) is 0.818. The molecule has 2 rings (SSSR count). The van der Waals surface area contributed by atoms with Crippen molar-refractivity contribution >= 4 is 29.3 Å². The van der Waals surface area contributed by atoms with Gasteiger partial charge in [-0.25, -0.2) is 0 Å². The SMILES string of the molecule is CCC1=N[C@@H](SCC(=O)O)c2ccccc2N1. The Labute approximate surface area is 104 Å². The average molecular weight is 250 g/mol. The summed E-state index contributed by atoms with van der Waals surface area (Å²) in [5.74, 6) is 0.172. The number of benzene rings is 1. The van der Waals surface area contributed by atoms with Crippen LogP contribution in [0.2, 0.25) is 0 Å². The third kappa shape index (κ3) is 2.79. The number of nitrogens with one attached hydrogen (secondary N) is 1. The van der Waals surface area contributed by atoms with Crippen molar-refractivity contribution in [2.24, 2.45) is 4.99 Å². The standard InChI is InChI=1S/C12H14N2O2S/c1-2-10-13-9-6-4-3-5-8(9)12(14-10)17-7-11(15)16/h3-6,12H,2,7H2,1H3,(H,13,14)(H,15,16)/t12-/m0/s1. The summed E-state index contributed by atoms with van der Waals surface area (Å²) in [6, 6.07) is 7.89. The number of rotatable bonds is 4. The second kappa shape index (κ2) is 5.23. The minimum absolute atomic E-state index is 0.0689. The fourth-order valence-corrected chi connectivity index (χ4v) is 2.57. The lowest BCUT2D eigenvalue weighted by Gasteiger charge is -2.24. The van der Waals surface area contributed by atoms with E-state index in [-0.39, 0.29) is 11.1 Å². The molecule has 0 spiro atoms. The molecule has 0 bridgehead atoms. The van der Waals surface area contributed by atoms with Crippen LogP contribution in [0.3, 0.4) is 0 Å². The van der Waals surface area contributed by atoms with Crippen molar-refractivity contribution in [1.29, 1.82) is 0 Å². The van der Waals surface area contributed by atoms with Gasteiger partial charge in [-0.2, -0.15) is 0 Å². The zero-order chi connectivity index (χ0) is 12.3. The topological polar surface area (TPSA) is 61.7 Å². The molecule has 0 unspecified atom stereocenters. The van der Waals surface area contributed by atoms with Gasteiger partial charge in [-0.05, 0) is 6.07 Å². The van der Waals surface area contributed by atoms with E-state index in [4.69, 9.17) is 5.11 Å². The number of para-hydroxylation sites is 1. The largest absolute Gasteiger partial charge is 0.481 e. The Hall–Kier alpha value is -1.49. The van der Waals surface area contributed by atoms with Crippen LogP contribution in [-0.4, -0.2) is 22.7 Å². The van der Waals surface area contributed by atoms with Crippen LogP contribution in [0, 0.1) is 0 Å². The molecule has 0 aliphatic carbocycles. The third-order valence-corrected chi connectivity index (χ3v) is 3.57. The van der Waals surface area contributed by atoms with Gasteiger partial charge in [-0.3, -0.25) is 9.79 Å². The number of hydrogen-bond donors (Lipinski definition) is 2. The first-order valence-electron chi connectivity index (χ1n) is 5.46. The highest BCUT2D eigenvalue weighted by Gasteiger charge is 2.21. The first kappa shape index (κ1) is 12.0. The van der Waals surface area contributed by atoms with Crippen molar-refractivity contribution in [2.45, 2.75) is 18.7 Å². The molecular weight excluding hydrogens is 236 g/mol. The monoisotopic (exact) mass is 250 g/mol. The lowest BCUT2D eigenvalue weighted by molar-refractivity contribution is -0.133. The molecule has 0 saturated carbocycles. The molecule has 1 atom stereocenters. The van der Waals surface area contributed by atoms with Gasteiger partial charge in [0.05, 0.1) is 5.75 Å². The van der Waals surface area contributed by atoms with E-state index in [1.54, 1.807) is 0 Å². The van der Waals surface area contributed by atoms with Crippen molar-refractivity contribution < 1.29 is 9.90 Å². The summed E-state index contributed by atoms with van der Waals surface area (Å²) in [5.41, 5.74) is 2.08. The zero-order valence-electron chi connectivity index (χ0n) is 9.51. The number of carboxylic acids is 1. The average Bonchev–Trinajstić information content (AvgIpc) is 2.35. The molecule has 1 heterocycles. The summed E-state index contributed by atoms with van der Waals surface area (Å²) in [7, 11) is 0. The Morgan fingerprint density at radius 1 is 1.53 bits per heavy atom. The summed E-state index contributed by atoms with van der Waals surface area (Å²) in [5, 5.41) is 11.9. The number of nitrogens with zero attached hydrogens (tertiary/aromatic N) is 1. The van der Waals surface area contributed by atoms with E-state index < -0.39 is 5.97 Å². The van der Waals surface area contributed by atoms with Crippen LogP contribution >= 0.6 is 11.8 Å². The molecule has 0 aromatic heterocycles. The molecule has 90 valence electrons. The number of hydrogen-bond acceptors (Lipinski definition) is 4. The Morgan fingerprint density at radius 3 is 3.00 bits per heavy atom. The maximum atomic E-state index is 10.6. The summed E-state index contributed by atoms with van der Waals surface area (Å²) in [4.78, 5) is 15.1. The fourth-order valence-electron chi connectivity index (χ4n) is 1.68. The number of amidine groups is 1. The van der Waals surface area contributed by atoms with E-state index >= 15 is 0 Å². The second-order valence-corrected chi connectivity index (χ2v) is 4.77. The van der Waals surface area contributed by atoms with Crippen molar-refractivity contribution in [1.82, 2.24) is 0 Å².